The highest BCUT2D eigenvalue weighted by atomic mass is 32.2. The van der Waals surface area contributed by atoms with Crippen molar-refractivity contribution in [3.05, 3.63) is 51.3 Å². The Labute approximate surface area is 188 Å². The highest BCUT2D eigenvalue weighted by Gasteiger charge is 2.36. The van der Waals surface area contributed by atoms with Gasteiger partial charge in [-0.2, -0.15) is 17.5 Å². The molecule has 0 unspecified atom stereocenters. The van der Waals surface area contributed by atoms with E-state index in [-0.39, 0.29) is 18.0 Å². The van der Waals surface area contributed by atoms with E-state index in [1.54, 1.807) is 30.9 Å². The summed E-state index contributed by atoms with van der Waals surface area (Å²) in [4.78, 5) is 3.46. The van der Waals surface area contributed by atoms with Crippen LogP contribution in [0.3, 0.4) is 0 Å². The summed E-state index contributed by atoms with van der Waals surface area (Å²) >= 11 is 1.38. The predicted molar refractivity (Wildman–Crippen MR) is 116 cm³/mol. The Balaban J connectivity index is 1.59. The number of thiophene rings is 1. The second-order valence-corrected chi connectivity index (χ2v) is 11.0. The van der Waals surface area contributed by atoms with Crippen molar-refractivity contribution in [2.75, 3.05) is 31.1 Å². The van der Waals surface area contributed by atoms with Gasteiger partial charge >= 0.3 is 6.18 Å². The topological polar surface area (TPSA) is 66.7 Å². The number of piperazine rings is 1. The molecule has 1 fully saturated rings. The fraction of sp³-hybridized carbons (Fsp3) is 0.381. The van der Waals surface area contributed by atoms with Gasteiger partial charge in [-0.05, 0) is 39.0 Å². The molecule has 0 atom stereocenters. The fourth-order valence-electron chi connectivity index (χ4n) is 3.94. The zero-order valence-electron chi connectivity index (χ0n) is 17.7. The number of sulfonamides is 1. The lowest BCUT2D eigenvalue weighted by molar-refractivity contribution is -0.137. The van der Waals surface area contributed by atoms with Crippen LogP contribution in [0.4, 0.5) is 18.9 Å². The number of rotatable bonds is 4. The van der Waals surface area contributed by atoms with E-state index in [9.17, 15) is 21.6 Å². The van der Waals surface area contributed by atoms with E-state index in [0.29, 0.717) is 40.7 Å². The molecule has 1 aliphatic heterocycles. The highest BCUT2D eigenvalue weighted by molar-refractivity contribution is 7.89. The van der Waals surface area contributed by atoms with Gasteiger partial charge < -0.3 is 9.42 Å². The average Bonchev–Trinajstić information content (AvgIpc) is 3.29. The third kappa shape index (κ3) is 4.16. The molecule has 0 spiro atoms. The second kappa shape index (κ2) is 8.20. The molecule has 4 rings (SSSR count). The number of alkyl halides is 3. The minimum absolute atomic E-state index is 0.168. The van der Waals surface area contributed by atoms with E-state index >= 15 is 0 Å². The smallest absolute Gasteiger partial charge is 0.369 e. The summed E-state index contributed by atoms with van der Waals surface area (Å²) in [6.07, 6.45) is -4.43. The minimum Gasteiger partial charge on any atom is -0.369 e. The average molecular weight is 486 g/mol. The molecule has 1 saturated heterocycles. The van der Waals surface area contributed by atoms with Gasteiger partial charge in [0, 0.05) is 47.7 Å². The van der Waals surface area contributed by atoms with Crippen molar-refractivity contribution in [1.29, 1.82) is 0 Å². The Bertz CT molecular complexity index is 1240. The Morgan fingerprint density at radius 1 is 1.03 bits per heavy atom. The van der Waals surface area contributed by atoms with Gasteiger partial charge in [0.25, 0.3) is 0 Å². The third-order valence-electron chi connectivity index (χ3n) is 5.45. The largest absolute Gasteiger partial charge is 0.416 e. The Hall–Kier alpha value is -2.37. The Morgan fingerprint density at radius 3 is 2.31 bits per heavy atom. The van der Waals surface area contributed by atoms with Crippen LogP contribution in [-0.2, 0) is 16.2 Å². The third-order valence-corrected chi connectivity index (χ3v) is 8.68. The van der Waals surface area contributed by atoms with Crippen molar-refractivity contribution >= 4 is 27.0 Å². The molecule has 0 amide bonds. The summed E-state index contributed by atoms with van der Waals surface area (Å²) in [6, 6.07) is 6.80. The first-order chi connectivity index (χ1) is 15.0. The molecule has 0 radical (unpaired) electrons. The Morgan fingerprint density at radius 2 is 1.72 bits per heavy atom. The van der Waals surface area contributed by atoms with E-state index in [0.717, 1.165) is 17.0 Å². The minimum atomic E-state index is -4.43. The molecule has 0 N–H and O–H groups in total. The van der Waals surface area contributed by atoms with Crippen LogP contribution >= 0.6 is 11.3 Å². The van der Waals surface area contributed by atoms with Crippen molar-refractivity contribution in [3.63, 3.8) is 0 Å². The number of halogens is 3. The molecule has 172 valence electrons. The molecule has 0 bridgehead atoms. The summed E-state index contributed by atoms with van der Waals surface area (Å²) in [5, 5.41) is 3.88. The van der Waals surface area contributed by atoms with Crippen LogP contribution in [0.2, 0.25) is 0 Å². The number of hydrogen-bond acceptors (Lipinski definition) is 6. The van der Waals surface area contributed by atoms with Crippen LogP contribution in [0.5, 0.6) is 0 Å². The SMILES string of the molecule is Cc1cc(-c2c(C)sc(C)c2S(=O)(=O)N2CCN(c3cccc(C(F)(F)F)c3)CC2)on1. The maximum atomic E-state index is 13.6. The molecule has 1 aliphatic rings. The van der Waals surface area contributed by atoms with E-state index in [4.69, 9.17) is 4.52 Å². The standard InChI is InChI=1S/C21H22F3N3O3S2/c1-13-11-18(30-25-13)19-14(2)31-15(3)20(19)32(28,29)27-9-7-26(8-10-27)17-6-4-5-16(12-17)21(22,23)24/h4-6,11-12H,7-10H2,1-3H3. The van der Waals surface area contributed by atoms with Gasteiger partial charge in [-0.3, -0.25) is 0 Å². The molecular weight excluding hydrogens is 463 g/mol. The molecule has 1 aromatic carbocycles. The molecule has 3 aromatic rings. The first-order valence-electron chi connectivity index (χ1n) is 9.94. The fourth-order valence-corrected chi connectivity index (χ4v) is 7.18. The first-order valence-corrected chi connectivity index (χ1v) is 12.2. The van der Waals surface area contributed by atoms with Gasteiger partial charge in [-0.15, -0.1) is 11.3 Å². The van der Waals surface area contributed by atoms with Crippen molar-refractivity contribution < 1.29 is 26.1 Å². The van der Waals surface area contributed by atoms with Gasteiger partial charge in [-0.25, -0.2) is 8.42 Å². The van der Waals surface area contributed by atoms with Crippen molar-refractivity contribution in [3.8, 4) is 11.3 Å². The van der Waals surface area contributed by atoms with Crippen LogP contribution in [-0.4, -0.2) is 44.1 Å². The second-order valence-electron chi connectivity index (χ2n) is 7.69. The Kier molecular flexibility index (Phi) is 5.84. The molecule has 3 heterocycles. The maximum Gasteiger partial charge on any atom is 0.416 e. The van der Waals surface area contributed by atoms with Crippen molar-refractivity contribution in [2.45, 2.75) is 31.8 Å². The van der Waals surface area contributed by atoms with Gasteiger partial charge in [-0.1, -0.05) is 11.2 Å². The molecule has 2 aromatic heterocycles. The molecule has 11 heteroatoms. The highest BCUT2D eigenvalue weighted by Crippen LogP contribution is 2.41. The van der Waals surface area contributed by atoms with Gasteiger partial charge in [0.2, 0.25) is 10.0 Å². The van der Waals surface area contributed by atoms with E-state index in [1.807, 2.05) is 6.92 Å². The zero-order valence-corrected chi connectivity index (χ0v) is 19.4. The maximum absolute atomic E-state index is 13.6. The lowest BCUT2D eigenvalue weighted by atomic mass is 10.1. The van der Waals surface area contributed by atoms with Gasteiger partial charge in [0.05, 0.1) is 16.8 Å². The number of nitrogens with zero attached hydrogens (tertiary/aromatic N) is 3. The lowest BCUT2D eigenvalue weighted by Crippen LogP contribution is -2.48. The van der Waals surface area contributed by atoms with Crippen LogP contribution in [0.15, 0.2) is 39.8 Å². The van der Waals surface area contributed by atoms with Crippen LogP contribution in [0.1, 0.15) is 21.0 Å². The summed E-state index contributed by atoms with van der Waals surface area (Å²) < 4.78 is 73.0. The molecule has 0 aliphatic carbocycles. The quantitative estimate of drug-likeness (QED) is 0.528. The van der Waals surface area contributed by atoms with E-state index in [2.05, 4.69) is 5.16 Å². The molecule has 32 heavy (non-hydrogen) atoms. The van der Waals surface area contributed by atoms with Crippen LogP contribution in [0.25, 0.3) is 11.3 Å². The number of aryl methyl sites for hydroxylation is 3. The normalized spacial score (nSPS) is 16.0. The summed E-state index contributed by atoms with van der Waals surface area (Å²) in [7, 11) is -3.83. The van der Waals surface area contributed by atoms with Crippen molar-refractivity contribution in [2.24, 2.45) is 0 Å². The lowest BCUT2D eigenvalue weighted by Gasteiger charge is -2.35. The van der Waals surface area contributed by atoms with E-state index < -0.39 is 21.8 Å². The first kappa shape index (κ1) is 22.8. The summed E-state index contributed by atoms with van der Waals surface area (Å²) in [5.41, 5.74) is 0.883. The monoisotopic (exact) mass is 485 g/mol. The molecule has 6 nitrogen and oxygen atoms in total. The van der Waals surface area contributed by atoms with Crippen molar-refractivity contribution in [1.82, 2.24) is 9.46 Å². The molecule has 0 saturated carbocycles. The van der Waals surface area contributed by atoms with Crippen LogP contribution in [0, 0.1) is 20.8 Å². The summed E-state index contributed by atoms with van der Waals surface area (Å²) in [5.74, 6) is 0.408. The van der Waals surface area contributed by atoms with E-state index in [1.165, 1.54) is 21.7 Å². The number of aromatic nitrogens is 1. The number of hydrogen-bond donors (Lipinski definition) is 0. The summed E-state index contributed by atoms with van der Waals surface area (Å²) in [6.45, 7) is 6.29. The predicted octanol–water partition coefficient (Wildman–Crippen LogP) is 4.86. The number of benzene rings is 1. The van der Waals surface area contributed by atoms with Gasteiger partial charge in [0.1, 0.15) is 4.90 Å². The number of anilines is 1. The zero-order chi connectivity index (χ0) is 23.3. The molecular formula is C21H22F3N3O3S2. The van der Waals surface area contributed by atoms with Gasteiger partial charge in [0.15, 0.2) is 5.76 Å². The van der Waals surface area contributed by atoms with Crippen LogP contribution < -0.4 is 4.90 Å².